The Morgan fingerprint density at radius 3 is 3.00 bits per heavy atom. The Hall–Kier alpha value is -1.51. The van der Waals surface area contributed by atoms with Crippen LogP contribution in [0.5, 0.6) is 0 Å². The van der Waals surface area contributed by atoms with E-state index in [0.717, 1.165) is 48.6 Å². The summed E-state index contributed by atoms with van der Waals surface area (Å²) in [6, 6.07) is 3.51. The van der Waals surface area contributed by atoms with E-state index in [2.05, 4.69) is 20.2 Å². The fourth-order valence-corrected chi connectivity index (χ4v) is 4.08. The van der Waals surface area contributed by atoms with Crippen LogP contribution in [0, 0.1) is 18.8 Å². The monoisotopic (exact) mass is 382 g/mol. The van der Waals surface area contributed by atoms with Crippen molar-refractivity contribution in [2.75, 3.05) is 18.4 Å². The molecule has 0 aliphatic carbocycles. The Labute approximate surface area is 158 Å². The van der Waals surface area contributed by atoms with Crippen LogP contribution in [0.1, 0.15) is 29.5 Å². The number of nitrogens with zero attached hydrogens (tertiary/aromatic N) is 3. The third-order valence-electron chi connectivity index (χ3n) is 4.09. The average Bonchev–Trinajstić information content (AvgIpc) is 3.07. The van der Waals surface area contributed by atoms with Crippen molar-refractivity contribution in [3.05, 3.63) is 40.4 Å². The fraction of sp³-hybridized carbons (Fsp3) is 0.471. The van der Waals surface area contributed by atoms with E-state index in [9.17, 15) is 9.18 Å². The number of hydrogen-bond donors (Lipinski definition) is 1. The van der Waals surface area contributed by atoms with Crippen LogP contribution in [0.2, 0.25) is 0 Å². The first-order chi connectivity index (χ1) is 11.5. The Morgan fingerprint density at radius 2 is 2.28 bits per heavy atom. The molecule has 1 saturated heterocycles. The van der Waals surface area contributed by atoms with Crippen LogP contribution in [-0.4, -0.2) is 33.9 Å². The summed E-state index contributed by atoms with van der Waals surface area (Å²) in [5, 5.41) is 3.36. The highest BCUT2D eigenvalue weighted by Gasteiger charge is 2.23. The molecule has 2 aromatic heterocycles. The van der Waals surface area contributed by atoms with E-state index >= 15 is 0 Å². The normalized spacial score (nSPS) is 17.3. The second-order valence-corrected chi connectivity index (χ2v) is 7.46. The summed E-state index contributed by atoms with van der Waals surface area (Å²) in [7, 11) is 0. The lowest BCUT2D eigenvalue weighted by Gasteiger charge is -2.15. The van der Waals surface area contributed by atoms with Gasteiger partial charge in [0.25, 0.3) is 0 Å². The van der Waals surface area contributed by atoms with E-state index in [1.807, 2.05) is 19.2 Å². The molecule has 2 aromatic rings. The topological polar surface area (TPSA) is 58.1 Å². The van der Waals surface area contributed by atoms with Crippen LogP contribution in [0.3, 0.4) is 0 Å². The molecule has 3 heterocycles. The molecule has 1 atom stereocenters. The van der Waals surface area contributed by atoms with Gasteiger partial charge in [0, 0.05) is 36.8 Å². The number of carbonyl (C=O) groups excluding carboxylic acids is 1. The van der Waals surface area contributed by atoms with Crippen LogP contribution in [0.15, 0.2) is 18.3 Å². The highest BCUT2D eigenvalue weighted by molar-refractivity contribution is 7.59. The summed E-state index contributed by atoms with van der Waals surface area (Å²) in [4.78, 5) is 22.6. The van der Waals surface area contributed by atoms with Gasteiger partial charge in [0.15, 0.2) is 5.13 Å². The number of rotatable bonds is 5. The van der Waals surface area contributed by atoms with E-state index < -0.39 is 5.95 Å². The lowest BCUT2D eigenvalue weighted by Crippen LogP contribution is -2.20. The minimum Gasteiger partial charge on any atom is -0.302 e. The molecular weight excluding hydrogens is 359 g/mol. The molecule has 0 saturated carbocycles. The van der Waals surface area contributed by atoms with Gasteiger partial charge in [-0.2, -0.15) is 17.9 Å². The van der Waals surface area contributed by atoms with Crippen molar-refractivity contribution in [2.24, 2.45) is 5.92 Å². The number of thiazole rings is 1. The number of aromatic nitrogens is 2. The molecule has 1 aliphatic rings. The second kappa shape index (κ2) is 8.73. The molecule has 1 amide bonds. The maximum Gasteiger partial charge on any atom is 0.223 e. The summed E-state index contributed by atoms with van der Waals surface area (Å²) in [6.45, 7) is 6.18. The van der Waals surface area contributed by atoms with Crippen molar-refractivity contribution in [1.82, 2.24) is 14.9 Å². The number of pyridine rings is 1. The smallest absolute Gasteiger partial charge is 0.223 e. The van der Waals surface area contributed by atoms with Gasteiger partial charge in [-0.05, 0) is 49.9 Å². The first kappa shape index (κ1) is 19.8. The molecule has 1 unspecified atom stereocenters. The highest BCUT2D eigenvalue weighted by Crippen LogP contribution is 2.25. The number of anilines is 1. The predicted molar refractivity (Wildman–Crippen MR) is 103 cm³/mol. The van der Waals surface area contributed by atoms with Crippen molar-refractivity contribution < 1.29 is 9.18 Å². The number of aryl methyl sites for hydroxylation is 1. The molecule has 5 nitrogen and oxygen atoms in total. The molecule has 1 N–H and O–H groups in total. The van der Waals surface area contributed by atoms with Gasteiger partial charge in [-0.3, -0.25) is 9.69 Å². The number of likely N-dealkylation sites (tertiary alicyclic amines) is 1. The summed E-state index contributed by atoms with van der Waals surface area (Å²) < 4.78 is 13.4. The van der Waals surface area contributed by atoms with Gasteiger partial charge < -0.3 is 5.32 Å². The summed E-state index contributed by atoms with van der Waals surface area (Å²) in [5.41, 5.74) is 1.76. The molecule has 0 spiro atoms. The van der Waals surface area contributed by atoms with Gasteiger partial charge in [0.1, 0.15) is 0 Å². The zero-order chi connectivity index (χ0) is 17.1. The van der Waals surface area contributed by atoms with Crippen LogP contribution in [0.25, 0.3) is 0 Å². The highest BCUT2D eigenvalue weighted by atomic mass is 32.1. The first-order valence-corrected chi connectivity index (χ1v) is 8.87. The third kappa shape index (κ3) is 5.76. The van der Waals surface area contributed by atoms with Gasteiger partial charge in [0.05, 0.1) is 0 Å². The molecule has 0 bridgehead atoms. The number of halogens is 1. The standard InChI is InChI=1S/C17H21FN4OS.H2S/c1-11-5-14(7-16(18)20-11)6-13-3-4-22(9-13)10-15-8-19-17(24-15)21-12(2)23;/h5,7-8,13H,3-4,6,9-10H2,1-2H3,(H,19,21,23);1H2. The molecule has 8 heteroatoms. The van der Waals surface area contributed by atoms with Crippen molar-refractivity contribution in [1.29, 1.82) is 0 Å². The maximum absolute atomic E-state index is 13.4. The zero-order valence-corrected chi connectivity index (χ0v) is 16.2. The minimum absolute atomic E-state index is 0. The van der Waals surface area contributed by atoms with Crippen LogP contribution >= 0.6 is 24.8 Å². The number of amides is 1. The van der Waals surface area contributed by atoms with E-state index in [1.165, 1.54) is 18.3 Å². The Bertz CT molecular complexity index is 717. The average molecular weight is 383 g/mol. The Balaban J connectivity index is 0.00000225. The summed E-state index contributed by atoms with van der Waals surface area (Å²) in [5.74, 6) is 0.0426. The SMILES string of the molecule is CC(=O)Nc1ncc(CN2CCC(Cc3cc(C)nc(F)c3)C2)s1.S. The van der Waals surface area contributed by atoms with Crippen molar-refractivity contribution in [3.8, 4) is 0 Å². The molecule has 1 aliphatic heterocycles. The molecule has 25 heavy (non-hydrogen) atoms. The van der Waals surface area contributed by atoms with E-state index in [0.29, 0.717) is 11.0 Å². The number of nitrogens with one attached hydrogen (secondary N) is 1. The van der Waals surface area contributed by atoms with Crippen LogP contribution < -0.4 is 5.32 Å². The lowest BCUT2D eigenvalue weighted by molar-refractivity contribution is -0.114. The lowest BCUT2D eigenvalue weighted by atomic mass is 9.99. The Kier molecular flexibility index (Phi) is 6.92. The molecule has 136 valence electrons. The van der Waals surface area contributed by atoms with E-state index in [4.69, 9.17) is 0 Å². The maximum atomic E-state index is 13.4. The third-order valence-corrected chi connectivity index (χ3v) is 4.99. The molecule has 3 rings (SSSR count). The fourth-order valence-electron chi connectivity index (χ4n) is 3.18. The van der Waals surface area contributed by atoms with Gasteiger partial charge in [-0.25, -0.2) is 9.97 Å². The van der Waals surface area contributed by atoms with Gasteiger partial charge in [0.2, 0.25) is 11.9 Å². The van der Waals surface area contributed by atoms with Gasteiger partial charge in [-0.15, -0.1) is 11.3 Å². The van der Waals surface area contributed by atoms with Crippen molar-refractivity contribution >= 4 is 35.9 Å². The molecule has 0 radical (unpaired) electrons. The molecular formula is C17H23FN4OS2. The number of carbonyl (C=O) groups is 1. The summed E-state index contributed by atoms with van der Waals surface area (Å²) in [6.07, 6.45) is 3.82. The summed E-state index contributed by atoms with van der Waals surface area (Å²) >= 11 is 1.51. The number of hydrogen-bond acceptors (Lipinski definition) is 5. The quantitative estimate of drug-likeness (QED) is 0.807. The van der Waals surface area contributed by atoms with Crippen LogP contribution in [-0.2, 0) is 17.8 Å². The van der Waals surface area contributed by atoms with Gasteiger partial charge >= 0.3 is 0 Å². The minimum atomic E-state index is -0.394. The molecule has 1 fully saturated rings. The largest absolute Gasteiger partial charge is 0.302 e. The van der Waals surface area contributed by atoms with Crippen molar-refractivity contribution in [2.45, 2.75) is 33.2 Å². The first-order valence-electron chi connectivity index (χ1n) is 8.05. The van der Waals surface area contributed by atoms with Gasteiger partial charge in [-0.1, -0.05) is 0 Å². The Morgan fingerprint density at radius 1 is 1.48 bits per heavy atom. The molecule has 0 aromatic carbocycles. The predicted octanol–water partition coefficient (Wildman–Crippen LogP) is 3.12. The van der Waals surface area contributed by atoms with Crippen LogP contribution in [0.4, 0.5) is 9.52 Å². The van der Waals surface area contributed by atoms with Crippen molar-refractivity contribution in [3.63, 3.8) is 0 Å². The van der Waals surface area contributed by atoms with E-state index in [-0.39, 0.29) is 19.4 Å². The zero-order valence-electron chi connectivity index (χ0n) is 14.4. The second-order valence-electron chi connectivity index (χ2n) is 6.35. The van der Waals surface area contributed by atoms with E-state index in [1.54, 1.807) is 6.07 Å².